The van der Waals surface area contributed by atoms with Crippen molar-refractivity contribution in [2.24, 2.45) is 18.9 Å². The van der Waals surface area contributed by atoms with E-state index in [0.717, 1.165) is 58.2 Å². The summed E-state index contributed by atoms with van der Waals surface area (Å²) in [6.45, 7) is 3.37. The topological polar surface area (TPSA) is 75.4 Å². The number of hydrogen-bond acceptors (Lipinski definition) is 4. The van der Waals surface area contributed by atoms with E-state index in [9.17, 15) is 14.7 Å². The fourth-order valence-corrected chi connectivity index (χ4v) is 7.32. The third-order valence-electron chi connectivity index (χ3n) is 8.45. The lowest BCUT2D eigenvalue weighted by molar-refractivity contribution is 0.0699. The monoisotopic (exact) mass is 539 g/mol. The molecular formula is C32H33N3O3S. The third-order valence-corrected chi connectivity index (χ3v) is 9.62. The molecule has 3 heterocycles. The molecule has 2 aliphatic rings. The van der Waals surface area contributed by atoms with Gasteiger partial charge >= 0.3 is 5.97 Å². The molecule has 4 aromatic rings. The van der Waals surface area contributed by atoms with Gasteiger partial charge in [0.05, 0.1) is 5.52 Å². The first-order chi connectivity index (χ1) is 18.9. The van der Waals surface area contributed by atoms with E-state index in [0.29, 0.717) is 41.9 Å². The number of rotatable bonds is 5. The van der Waals surface area contributed by atoms with Crippen molar-refractivity contribution in [3.63, 3.8) is 0 Å². The van der Waals surface area contributed by atoms with Crippen LogP contribution in [0.2, 0.25) is 0 Å². The largest absolute Gasteiger partial charge is 0.477 e. The highest BCUT2D eigenvalue weighted by atomic mass is 32.1. The Morgan fingerprint density at radius 3 is 2.46 bits per heavy atom. The van der Waals surface area contributed by atoms with Crippen LogP contribution in [-0.4, -0.2) is 44.8 Å². The molecule has 200 valence electrons. The number of carbonyl (C=O) groups is 2. The van der Waals surface area contributed by atoms with Crippen LogP contribution >= 0.6 is 11.3 Å². The van der Waals surface area contributed by atoms with E-state index in [-0.39, 0.29) is 5.91 Å². The summed E-state index contributed by atoms with van der Waals surface area (Å²) in [6.07, 6.45) is 5.11. The average molecular weight is 540 g/mol. The molecule has 1 aliphatic carbocycles. The summed E-state index contributed by atoms with van der Waals surface area (Å²) in [5.41, 5.74) is 5.64. The van der Waals surface area contributed by atoms with Gasteiger partial charge in [-0.2, -0.15) is 5.10 Å². The van der Waals surface area contributed by atoms with Crippen LogP contribution in [-0.2, 0) is 7.05 Å². The summed E-state index contributed by atoms with van der Waals surface area (Å²) in [4.78, 5) is 29.6. The first kappa shape index (κ1) is 25.6. The van der Waals surface area contributed by atoms with Crippen LogP contribution in [0, 0.1) is 11.8 Å². The molecule has 1 N–H and O–H groups in total. The van der Waals surface area contributed by atoms with Crippen molar-refractivity contribution in [1.29, 1.82) is 0 Å². The lowest BCUT2D eigenvalue weighted by Gasteiger charge is -2.37. The quantitative estimate of drug-likeness (QED) is 0.293. The van der Waals surface area contributed by atoms with E-state index in [1.807, 2.05) is 66.5 Å². The first-order valence-electron chi connectivity index (χ1n) is 13.8. The van der Waals surface area contributed by atoms with Crippen LogP contribution < -0.4 is 0 Å². The van der Waals surface area contributed by atoms with Gasteiger partial charge in [0, 0.05) is 36.0 Å². The molecular weight excluding hydrogens is 506 g/mol. The second kappa shape index (κ2) is 10.5. The highest BCUT2D eigenvalue weighted by molar-refractivity contribution is 7.17. The minimum Gasteiger partial charge on any atom is -0.477 e. The summed E-state index contributed by atoms with van der Waals surface area (Å²) in [6, 6.07) is 19.9. The zero-order valence-corrected chi connectivity index (χ0v) is 23.2. The van der Waals surface area contributed by atoms with Gasteiger partial charge in [-0.15, -0.1) is 11.3 Å². The van der Waals surface area contributed by atoms with Gasteiger partial charge in [-0.25, -0.2) is 4.79 Å². The second-order valence-electron chi connectivity index (χ2n) is 11.0. The summed E-state index contributed by atoms with van der Waals surface area (Å²) in [5, 5.41) is 15.7. The molecule has 2 aromatic carbocycles. The number of benzene rings is 2. The number of carboxylic acid groups (broad SMARTS) is 1. The molecule has 0 bridgehead atoms. The van der Waals surface area contributed by atoms with Gasteiger partial charge in [-0.1, -0.05) is 68.3 Å². The van der Waals surface area contributed by atoms with Crippen molar-refractivity contribution in [1.82, 2.24) is 14.7 Å². The summed E-state index contributed by atoms with van der Waals surface area (Å²) < 4.78 is 1.77. The number of amides is 1. The van der Waals surface area contributed by atoms with Crippen molar-refractivity contribution in [2.75, 3.05) is 13.1 Å². The van der Waals surface area contributed by atoms with Gasteiger partial charge < -0.3 is 10.0 Å². The maximum atomic E-state index is 13.9. The number of thiophene rings is 1. The molecule has 0 spiro atoms. The van der Waals surface area contributed by atoms with E-state index < -0.39 is 5.97 Å². The smallest absolute Gasteiger partial charge is 0.346 e. The molecule has 0 saturated heterocycles. The van der Waals surface area contributed by atoms with Gasteiger partial charge in [0.25, 0.3) is 5.91 Å². The fourth-order valence-electron chi connectivity index (χ4n) is 6.29. The van der Waals surface area contributed by atoms with Crippen LogP contribution in [0.4, 0.5) is 0 Å². The number of carboxylic acids is 1. The van der Waals surface area contributed by atoms with Gasteiger partial charge in [0.2, 0.25) is 0 Å². The van der Waals surface area contributed by atoms with Crippen LogP contribution in [0.3, 0.4) is 0 Å². The highest BCUT2D eigenvalue weighted by Gasteiger charge is 2.34. The minimum absolute atomic E-state index is 0.0544. The molecule has 1 amide bonds. The predicted molar refractivity (Wildman–Crippen MR) is 156 cm³/mol. The molecule has 1 fully saturated rings. The minimum atomic E-state index is -0.889. The standard InChI is InChI=1S/C32H33N3O3S/c1-20-12-14-21(15-13-20)26-19-35(31(36)29-24-10-6-7-11-27(24)34(2)33-29)17-16-23(26)25-18-28(39-30(25)32(37)38)22-8-4-3-5-9-22/h3-11,18,20-21H,12-17,19H2,1-2H3,(H,37,38). The Bertz CT molecular complexity index is 1570. The van der Waals surface area contributed by atoms with Crippen molar-refractivity contribution in [3.8, 4) is 10.4 Å². The number of carbonyl (C=O) groups excluding carboxylic acids is 1. The molecule has 2 aromatic heterocycles. The molecule has 0 radical (unpaired) electrons. The Balaban J connectivity index is 1.41. The van der Waals surface area contributed by atoms with Crippen LogP contribution in [0.15, 0.2) is 66.2 Å². The second-order valence-corrected chi connectivity index (χ2v) is 12.0. The lowest BCUT2D eigenvalue weighted by Crippen LogP contribution is -2.39. The van der Waals surface area contributed by atoms with Crippen molar-refractivity contribution in [2.45, 2.75) is 39.0 Å². The lowest BCUT2D eigenvalue weighted by atomic mass is 9.75. The Morgan fingerprint density at radius 1 is 1.00 bits per heavy atom. The molecule has 39 heavy (non-hydrogen) atoms. The number of nitrogens with zero attached hydrogens (tertiary/aromatic N) is 3. The zero-order valence-electron chi connectivity index (χ0n) is 22.4. The summed E-state index contributed by atoms with van der Waals surface area (Å²) in [7, 11) is 1.87. The highest BCUT2D eigenvalue weighted by Crippen LogP contribution is 2.44. The van der Waals surface area contributed by atoms with Gasteiger partial charge in [0.15, 0.2) is 5.69 Å². The average Bonchev–Trinajstić information content (AvgIpc) is 3.56. The SMILES string of the molecule is CC1CCC(C2=C(c3cc(-c4ccccc4)sc3C(=O)O)CCN(C(=O)c3nn(C)c4ccccc34)C2)CC1. The van der Waals surface area contributed by atoms with Gasteiger partial charge in [-0.05, 0) is 59.9 Å². The molecule has 1 saturated carbocycles. The third kappa shape index (κ3) is 4.80. The summed E-state index contributed by atoms with van der Waals surface area (Å²) in [5.74, 6) is 0.113. The van der Waals surface area contributed by atoms with Crippen molar-refractivity contribution < 1.29 is 14.7 Å². The Morgan fingerprint density at radius 2 is 1.72 bits per heavy atom. The van der Waals surface area contributed by atoms with E-state index in [1.165, 1.54) is 16.9 Å². The van der Waals surface area contributed by atoms with Crippen LogP contribution in [0.1, 0.15) is 64.8 Å². The first-order valence-corrected chi connectivity index (χ1v) is 14.6. The van der Waals surface area contributed by atoms with Crippen LogP contribution in [0.5, 0.6) is 0 Å². The fraction of sp³-hybridized carbons (Fsp3) is 0.344. The van der Waals surface area contributed by atoms with Crippen molar-refractivity contribution >= 4 is 39.7 Å². The number of para-hydroxylation sites is 1. The van der Waals surface area contributed by atoms with E-state index in [2.05, 4.69) is 18.1 Å². The van der Waals surface area contributed by atoms with Crippen molar-refractivity contribution in [3.05, 3.63) is 82.4 Å². The number of hydrogen-bond donors (Lipinski definition) is 1. The number of aromatic carboxylic acids is 1. The Kier molecular flexibility index (Phi) is 6.85. The molecule has 0 unspecified atom stereocenters. The maximum absolute atomic E-state index is 13.9. The van der Waals surface area contributed by atoms with E-state index >= 15 is 0 Å². The number of aromatic nitrogens is 2. The van der Waals surface area contributed by atoms with Crippen LogP contribution in [0.25, 0.3) is 26.9 Å². The normalized spacial score (nSPS) is 20.0. The summed E-state index contributed by atoms with van der Waals surface area (Å²) >= 11 is 1.34. The Labute approximate surface area is 232 Å². The molecule has 7 heteroatoms. The predicted octanol–water partition coefficient (Wildman–Crippen LogP) is 7.13. The maximum Gasteiger partial charge on any atom is 0.346 e. The van der Waals surface area contributed by atoms with E-state index in [4.69, 9.17) is 0 Å². The molecule has 6 rings (SSSR count). The van der Waals surface area contributed by atoms with E-state index in [1.54, 1.807) is 4.68 Å². The number of fused-ring (bicyclic) bond motifs is 1. The molecule has 6 nitrogen and oxygen atoms in total. The number of aryl methyl sites for hydroxylation is 1. The van der Waals surface area contributed by atoms with Gasteiger partial charge in [0.1, 0.15) is 4.88 Å². The molecule has 0 atom stereocenters. The van der Waals surface area contributed by atoms with Gasteiger partial charge in [-0.3, -0.25) is 9.48 Å². The molecule has 1 aliphatic heterocycles. The Hall–Kier alpha value is -3.71. The zero-order chi connectivity index (χ0) is 27.1.